The number of carbonyl (C=O) groups is 1. The Labute approximate surface area is 184 Å². The Bertz CT molecular complexity index is 1390. The molecule has 1 aliphatic rings. The van der Waals surface area contributed by atoms with Gasteiger partial charge in [0, 0.05) is 17.7 Å². The van der Waals surface area contributed by atoms with Gasteiger partial charge in [0.05, 0.1) is 20.8 Å². The van der Waals surface area contributed by atoms with E-state index in [0.717, 1.165) is 28.6 Å². The number of fused-ring (bicyclic) bond motifs is 2. The zero-order valence-corrected chi connectivity index (χ0v) is 18.1. The van der Waals surface area contributed by atoms with E-state index in [9.17, 15) is 13.2 Å². The highest BCUT2D eigenvalue weighted by Gasteiger charge is 2.30. The second kappa shape index (κ2) is 7.47. The zero-order chi connectivity index (χ0) is 21.6. The molecule has 6 nitrogen and oxygen atoms in total. The van der Waals surface area contributed by atoms with Crippen LogP contribution in [0.5, 0.6) is 0 Å². The van der Waals surface area contributed by atoms with Gasteiger partial charge in [-0.2, -0.15) is 0 Å². The molecule has 156 valence electrons. The van der Waals surface area contributed by atoms with Gasteiger partial charge in [-0.25, -0.2) is 13.4 Å². The molecule has 3 aromatic carbocycles. The number of nitrogens with zero attached hydrogens (tertiary/aromatic N) is 2. The largest absolute Gasteiger partial charge is 0.366 e. The van der Waals surface area contributed by atoms with Crippen molar-refractivity contribution in [3.8, 4) is 10.6 Å². The normalized spacial score (nSPS) is 13.9. The van der Waals surface area contributed by atoms with Crippen LogP contribution in [0.4, 0.5) is 5.69 Å². The SMILES string of the molecule is NC(=O)c1ccc(S(=O)(=O)N2CCCc3ccccc32)cc1-c1nc2ccccc2s1. The lowest BCUT2D eigenvalue weighted by Crippen LogP contribution is -2.35. The zero-order valence-electron chi connectivity index (χ0n) is 16.5. The monoisotopic (exact) mass is 449 g/mol. The molecule has 0 unspecified atom stereocenters. The summed E-state index contributed by atoms with van der Waals surface area (Å²) in [6.45, 7) is 0.410. The molecule has 8 heteroatoms. The van der Waals surface area contributed by atoms with Crippen LogP contribution in [0, 0.1) is 0 Å². The lowest BCUT2D eigenvalue weighted by molar-refractivity contribution is 0.100. The van der Waals surface area contributed by atoms with Crippen LogP contribution in [0.15, 0.2) is 71.6 Å². The summed E-state index contributed by atoms with van der Waals surface area (Å²) >= 11 is 1.40. The van der Waals surface area contributed by atoms with Gasteiger partial charge in [-0.05, 0) is 54.8 Å². The first-order chi connectivity index (χ1) is 14.9. The van der Waals surface area contributed by atoms with Crippen LogP contribution < -0.4 is 10.0 Å². The van der Waals surface area contributed by atoms with Crippen LogP contribution in [-0.2, 0) is 16.4 Å². The third-order valence-corrected chi connectivity index (χ3v) is 8.32. The van der Waals surface area contributed by atoms with E-state index in [1.54, 1.807) is 0 Å². The summed E-state index contributed by atoms with van der Waals surface area (Å²) in [4.78, 5) is 16.8. The van der Waals surface area contributed by atoms with E-state index in [1.807, 2.05) is 48.5 Å². The molecule has 2 N–H and O–H groups in total. The fourth-order valence-electron chi connectivity index (χ4n) is 3.94. The van der Waals surface area contributed by atoms with Crippen LogP contribution in [0.3, 0.4) is 0 Å². The average molecular weight is 450 g/mol. The molecule has 31 heavy (non-hydrogen) atoms. The number of thiazole rings is 1. The summed E-state index contributed by atoms with van der Waals surface area (Å²) in [5, 5.41) is 0.561. The van der Waals surface area contributed by atoms with E-state index in [-0.39, 0.29) is 10.5 Å². The number of para-hydroxylation sites is 2. The Kier molecular flexibility index (Phi) is 4.75. The number of aryl methyl sites for hydroxylation is 1. The minimum Gasteiger partial charge on any atom is -0.366 e. The van der Waals surface area contributed by atoms with Crippen molar-refractivity contribution in [2.24, 2.45) is 5.73 Å². The Hall–Kier alpha value is -3.23. The van der Waals surface area contributed by atoms with Gasteiger partial charge in [0.25, 0.3) is 10.0 Å². The van der Waals surface area contributed by atoms with Crippen molar-refractivity contribution in [2.45, 2.75) is 17.7 Å². The predicted molar refractivity (Wildman–Crippen MR) is 123 cm³/mol. The summed E-state index contributed by atoms with van der Waals surface area (Å²) in [5.41, 5.74) is 8.77. The number of sulfonamides is 1. The molecule has 0 radical (unpaired) electrons. The van der Waals surface area contributed by atoms with Crippen molar-refractivity contribution in [2.75, 3.05) is 10.8 Å². The summed E-state index contributed by atoms with van der Waals surface area (Å²) in [5.74, 6) is -0.624. The number of carbonyl (C=O) groups excluding carboxylic acids is 1. The highest BCUT2D eigenvalue weighted by Crippen LogP contribution is 2.36. The van der Waals surface area contributed by atoms with Crippen molar-refractivity contribution >= 4 is 43.2 Å². The lowest BCUT2D eigenvalue weighted by Gasteiger charge is -2.30. The van der Waals surface area contributed by atoms with Gasteiger partial charge in [0.15, 0.2) is 0 Å². The van der Waals surface area contributed by atoms with Crippen molar-refractivity contribution in [1.29, 1.82) is 0 Å². The minimum atomic E-state index is -3.82. The highest BCUT2D eigenvalue weighted by molar-refractivity contribution is 7.92. The summed E-state index contributed by atoms with van der Waals surface area (Å²) < 4.78 is 29.6. The number of rotatable bonds is 4. The van der Waals surface area contributed by atoms with Gasteiger partial charge >= 0.3 is 0 Å². The van der Waals surface area contributed by atoms with E-state index in [4.69, 9.17) is 5.73 Å². The molecule has 0 atom stereocenters. The first-order valence-electron chi connectivity index (χ1n) is 9.85. The predicted octanol–water partition coefficient (Wildman–Crippen LogP) is 4.20. The molecular weight excluding hydrogens is 430 g/mol. The van der Waals surface area contributed by atoms with Crippen molar-refractivity contribution in [3.05, 3.63) is 77.9 Å². The molecule has 0 fully saturated rings. The molecule has 4 aromatic rings. The van der Waals surface area contributed by atoms with Gasteiger partial charge in [-0.15, -0.1) is 11.3 Å². The first-order valence-corrected chi connectivity index (χ1v) is 12.1. The Morgan fingerprint density at radius 1 is 1.03 bits per heavy atom. The first kappa shape index (κ1) is 19.7. The second-order valence-electron chi connectivity index (χ2n) is 7.37. The quantitative estimate of drug-likeness (QED) is 0.505. The summed E-state index contributed by atoms with van der Waals surface area (Å²) in [6.07, 6.45) is 1.60. The average Bonchev–Trinajstić information content (AvgIpc) is 3.22. The summed E-state index contributed by atoms with van der Waals surface area (Å²) in [7, 11) is -3.82. The Morgan fingerprint density at radius 2 is 1.81 bits per heavy atom. The Balaban J connectivity index is 1.66. The maximum absolute atomic E-state index is 13.6. The topological polar surface area (TPSA) is 93.4 Å². The number of benzene rings is 3. The van der Waals surface area contributed by atoms with Gasteiger partial charge in [0.2, 0.25) is 5.91 Å². The van der Waals surface area contributed by atoms with Crippen LogP contribution >= 0.6 is 11.3 Å². The molecule has 0 saturated heterocycles. The number of amides is 1. The van der Waals surface area contributed by atoms with E-state index in [2.05, 4.69) is 4.98 Å². The minimum absolute atomic E-state index is 0.114. The Morgan fingerprint density at radius 3 is 2.61 bits per heavy atom. The number of anilines is 1. The van der Waals surface area contributed by atoms with E-state index in [0.29, 0.717) is 22.8 Å². The van der Waals surface area contributed by atoms with Crippen LogP contribution in [0.25, 0.3) is 20.8 Å². The van der Waals surface area contributed by atoms with E-state index in [1.165, 1.54) is 33.8 Å². The van der Waals surface area contributed by atoms with Crippen LogP contribution in [0.2, 0.25) is 0 Å². The van der Waals surface area contributed by atoms with E-state index >= 15 is 0 Å². The molecule has 0 aliphatic carbocycles. The van der Waals surface area contributed by atoms with Crippen molar-refractivity contribution in [1.82, 2.24) is 4.98 Å². The molecule has 5 rings (SSSR count). The molecule has 2 heterocycles. The maximum atomic E-state index is 13.6. The number of nitrogens with two attached hydrogens (primary N) is 1. The van der Waals surface area contributed by atoms with Gasteiger partial charge in [-0.1, -0.05) is 30.3 Å². The second-order valence-corrected chi connectivity index (χ2v) is 10.3. The molecule has 1 aromatic heterocycles. The smallest absolute Gasteiger partial charge is 0.264 e. The number of hydrogen-bond acceptors (Lipinski definition) is 5. The van der Waals surface area contributed by atoms with Crippen molar-refractivity contribution in [3.63, 3.8) is 0 Å². The molecule has 1 amide bonds. The molecule has 0 saturated carbocycles. The standard InChI is InChI=1S/C23H19N3O3S2/c24-22(27)17-12-11-16(14-18(17)23-25-19-8-2-4-10-21(19)30-23)31(28,29)26-13-5-7-15-6-1-3-9-20(15)26/h1-4,6,8-12,14H,5,7,13H2,(H2,24,27). The fraction of sp³-hybridized carbons (Fsp3) is 0.130. The van der Waals surface area contributed by atoms with Crippen LogP contribution in [-0.4, -0.2) is 25.9 Å². The highest BCUT2D eigenvalue weighted by atomic mass is 32.2. The maximum Gasteiger partial charge on any atom is 0.264 e. The van der Waals surface area contributed by atoms with Crippen molar-refractivity contribution < 1.29 is 13.2 Å². The third-order valence-electron chi connectivity index (χ3n) is 5.44. The molecule has 0 spiro atoms. The number of aromatic nitrogens is 1. The fourth-order valence-corrected chi connectivity index (χ4v) is 6.50. The van der Waals surface area contributed by atoms with Gasteiger partial charge in [0.1, 0.15) is 5.01 Å². The third kappa shape index (κ3) is 3.37. The van der Waals surface area contributed by atoms with Gasteiger partial charge < -0.3 is 5.73 Å². The van der Waals surface area contributed by atoms with E-state index < -0.39 is 15.9 Å². The molecule has 1 aliphatic heterocycles. The lowest BCUT2D eigenvalue weighted by atomic mass is 10.0. The molecule has 0 bridgehead atoms. The number of primary amides is 1. The molecular formula is C23H19N3O3S2. The number of hydrogen-bond donors (Lipinski definition) is 1. The van der Waals surface area contributed by atoms with Crippen LogP contribution in [0.1, 0.15) is 22.3 Å². The summed E-state index contributed by atoms with van der Waals surface area (Å²) in [6, 6.07) is 19.6. The van der Waals surface area contributed by atoms with Gasteiger partial charge in [-0.3, -0.25) is 9.10 Å².